The van der Waals surface area contributed by atoms with Gasteiger partial charge in [-0.3, -0.25) is 0 Å². The molecular formula is C25H34N4O3S2. The van der Waals surface area contributed by atoms with Crippen molar-refractivity contribution in [1.82, 2.24) is 4.72 Å². The van der Waals surface area contributed by atoms with Crippen LogP contribution < -0.4 is 4.72 Å². The highest BCUT2D eigenvalue weighted by Crippen LogP contribution is 2.37. The van der Waals surface area contributed by atoms with Crippen molar-refractivity contribution >= 4 is 23.1 Å². The third-order valence-corrected chi connectivity index (χ3v) is 8.47. The zero-order valence-electron chi connectivity index (χ0n) is 20.4. The third-order valence-electron chi connectivity index (χ3n) is 5.57. The molecule has 184 valence electrons. The molecule has 0 radical (unpaired) electrons. The highest BCUT2D eigenvalue weighted by molar-refractivity contribution is 7.99. The van der Waals surface area contributed by atoms with Crippen molar-refractivity contribution in [2.24, 2.45) is 5.11 Å². The lowest BCUT2D eigenvalue weighted by atomic mass is 9.97. The molecule has 0 amide bonds. The summed E-state index contributed by atoms with van der Waals surface area (Å²) >= 11 is 0.275. The van der Waals surface area contributed by atoms with E-state index < -0.39 is 22.2 Å². The first-order valence-corrected chi connectivity index (χ1v) is 13.5. The molecule has 6 atom stereocenters. The van der Waals surface area contributed by atoms with Gasteiger partial charge in [0.05, 0.1) is 24.8 Å². The van der Waals surface area contributed by atoms with E-state index in [1.54, 1.807) is 0 Å². The smallest absolute Gasteiger partial charge is 0.136 e. The maximum absolute atomic E-state index is 12.8. The highest BCUT2D eigenvalue weighted by atomic mass is 32.2. The fourth-order valence-corrected chi connectivity index (χ4v) is 5.53. The SMILES string of the molecule is Cc1ccc(SC2O[C@H]([C@H](C)N[S@@+]([O-])C(C)(C)C)[C@@H](OCc3ccccc3)C[C@H]2N=[N+]=[N-])cc1. The Morgan fingerprint density at radius 3 is 2.53 bits per heavy atom. The van der Waals surface area contributed by atoms with Gasteiger partial charge in [-0.15, -0.1) is 4.72 Å². The maximum Gasteiger partial charge on any atom is 0.136 e. The number of azide groups is 1. The summed E-state index contributed by atoms with van der Waals surface area (Å²) < 4.78 is 28.5. The molecule has 1 heterocycles. The molecule has 0 aliphatic carbocycles. The van der Waals surface area contributed by atoms with E-state index in [-0.39, 0.29) is 23.7 Å². The Hall–Kier alpha value is -1.71. The average Bonchev–Trinajstić information content (AvgIpc) is 2.80. The molecule has 1 aliphatic rings. The summed E-state index contributed by atoms with van der Waals surface area (Å²) in [6.45, 7) is 10.2. The Morgan fingerprint density at radius 2 is 1.91 bits per heavy atom. The lowest BCUT2D eigenvalue weighted by molar-refractivity contribution is -0.135. The predicted octanol–water partition coefficient (Wildman–Crippen LogP) is 5.91. The van der Waals surface area contributed by atoms with E-state index in [1.165, 1.54) is 17.3 Å². The van der Waals surface area contributed by atoms with Crippen molar-refractivity contribution in [2.75, 3.05) is 0 Å². The Labute approximate surface area is 209 Å². The molecule has 7 nitrogen and oxygen atoms in total. The van der Waals surface area contributed by atoms with Crippen molar-refractivity contribution in [1.29, 1.82) is 0 Å². The number of ether oxygens (including phenoxy) is 2. The third kappa shape index (κ3) is 7.65. The molecule has 9 heteroatoms. The first-order chi connectivity index (χ1) is 16.2. The number of nitrogens with one attached hydrogen (secondary N) is 1. The Bertz CT molecular complexity index is 949. The number of nitrogens with zero attached hydrogens (tertiary/aromatic N) is 3. The van der Waals surface area contributed by atoms with E-state index in [0.29, 0.717) is 13.0 Å². The first-order valence-electron chi connectivity index (χ1n) is 11.4. The summed E-state index contributed by atoms with van der Waals surface area (Å²) in [4.78, 5) is 4.12. The quantitative estimate of drug-likeness (QED) is 0.199. The Kier molecular flexibility index (Phi) is 9.74. The van der Waals surface area contributed by atoms with E-state index in [0.717, 1.165) is 10.5 Å². The standard InChI is InChI=1S/C25H34N4O3S2/c1-17-11-13-20(14-12-17)33-24-21(27-29-26)15-22(31-16-19-9-7-6-8-10-19)23(32-24)18(2)28-34(30)25(3,4)5/h6-14,18,21-24,28H,15-16H2,1-5H3/t18-,21+,22-,23+,24?,34-/m0/s1. The fourth-order valence-electron chi connectivity index (χ4n) is 3.63. The normalized spacial score (nSPS) is 24.8. The zero-order valence-corrected chi connectivity index (χ0v) is 22.0. The summed E-state index contributed by atoms with van der Waals surface area (Å²) in [7, 11) is 0. The number of rotatable bonds is 9. The maximum atomic E-state index is 12.8. The minimum Gasteiger partial charge on any atom is -0.598 e. The molecule has 2 aromatic rings. The highest BCUT2D eigenvalue weighted by Gasteiger charge is 2.43. The lowest BCUT2D eigenvalue weighted by Crippen LogP contribution is -2.57. The number of thioether (sulfide) groups is 1. The minimum absolute atomic E-state index is 0.242. The summed E-state index contributed by atoms with van der Waals surface area (Å²) in [6.07, 6.45) is -0.188. The molecule has 0 aromatic heterocycles. The number of benzene rings is 2. The van der Waals surface area contributed by atoms with Gasteiger partial charge in [0.25, 0.3) is 0 Å². The molecule has 1 saturated heterocycles. The van der Waals surface area contributed by atoms with Crippen LogP contribution in [-0.4, -0.2) is 39.0 Å². The van der Waals surface area contributed by atoms with Crippen LogP contribution in [0.5, 0.6) is 0 Å². The molecule has 1 aliphatic heterocycles. The van der Waals surface area contributed by atoms with Crippen LogP contribution in [0.3, 0.4) is 0 Å². The van der Waals surface area contributed by atoms with E-state index in [9.17, 15) is 10.1 Å². The summed E-state index contributed by atoms with van der Waals surface area (Å²) in [5.41, 5.74) is 11.1. The first kappa shape index (κ1) is 26.9. The number of hydrogen-bond acceptors (Lipinski definition) is 6. The van der Waals surface area contributed by atoms with Crippen LogP contribution in [0.25, 0.3) is 10.4 Å². The van der Waals surface area contributed by atoms with Crippen molar-refractivity contribution in [3.05, 3.63) is 76.2 Å². The second kappa shape index (κ2) is 12.3. The zero-order chi connectivity index (χ0) is 24.7. The van der Waals surface area contributed by atoms with Gasteiger partial charge >= 0.3 is 0 Å². The molecule has 1 unspecified atom stereocenters. The lowest BCUT2D eigenvalue weighted by Gasteiger charge is -2.42. The Morgan fingerprint density at radius 1 is 1.24 bits per heavy atom. The van der Waals surface area contributed by atoms with Crippen molar-refractivity contribution in [2.45, 2.75) is 87.0 Å². The molecule has 3 rings (SSSR count). The van der Waals surface area contributed by atoms with Gasteiger partial charge in [-0.1, -0.05) is 64.9 Å². The monoisotopic (exact) mass is 502 g/mol. The second-order valence-electron chi connectivity index (χ2n) is 9.53. The second-order valence-corrected chi connectivity index (χ2v) is 12.7. The molecular weight excluding hydrogens is 468 g/mol. The summed E-state index contributed by atoms with van der Waals surface area (Å²) in [5, 5.41) is 4.05. The van der Waals surface area contributed by atoms with Gasteiger partial charge < -0.3 is 14.0 Å². The van der Waals surface area contributed by atoms with Gasteiger partial charge in [0.15, 0.2) is 0 Å². The van der Waals surface area contributed by atoms with E-state index in [1.807, 2.05) is 89.2 Å². The molecule has 2 aromatic carbocycles. The molecule has 1 N–H and O–H groups in total. The Balaban J connectivity index is 1.81. The van der Waals surface area contributed by atoms with Gasteiger partial charge in [0, 0.05) is 21.2 Å². The molecule has 0 saturated carbocycles. The van der Waals surface area contributed by atoms with Crippen molar-refractivity contribution in [3.8, 4) is 0 Å². The van der Waals surface area contributed by atoms with E-state index in [4.69, 9.17) is 9.47 Å². The van der Waals surface area contributed by atoms with Crippen LogP contribution in [-0.2, 0) is 27.4 Å². The van der Waals surface area contributed by atoms with E-state index in [2.05, 4.69) is 14.7 Å². The van der Waals surface area contributed by atoms with Gasteiger partial charge in [0.1, 0.15) is 16.3 Å². The van der Waals surface area contributed by atoms with Gasteiger partial charge in [-0.25, -0.2) is 0 Å². The average molecular weight is 503 g/mol. The van der Waals surface area contributed by atoms with Gasteiger partial charge in [-0.05, 0) is 64.3 Å². The van der Waals surface area contributed by atoms with Crippen LogP contribution in [0.2, 0.25) is 0 Å². The molecule has 0 bridgehead atoms. The summed E-state index contributed by atoms with van der Waals surface area (Å²) in [5.74, 6) is 0. The number of hydrogen-bond donors (Lipinski definition) is 1. The van der Waals surface area contributed by atoms with Gasteiger partial charge in [-0.2, -0.15) is 0 Å². The summed E-state index contributed by atoms with van der Waals surface area (Å²) in [6, 6.07) is 17.5. The van der Waals surface area contributed by atoms with Crippen LogP contribution in [0.1, 0.15) is 45.2 Å². The topological polar surface area (TPSA) is 102 Å². The van der Waals surface area contributed by atoms with E-state index >= 15 is 0 Å². The number of aryl methyl sites for hydroxylation is 1. The predicted molar refractivity (Wildman–Crippen MR) is 139 cm³/mol. The van der Waals surface area contributed by atoms with Crippen LogP contribution in [0, 0.1) is 6.92 Å². The molecule has 1 fully saturated rings. The van der Waals surface area contributed by atoms with Crippen molar-refractivity contribution < 1.29 is 14.0 Å². The molecule has 0 spiro atoms. The largest absolute Gasteiger partial charge is 0.598 e. The van der Waals surface area contributed by atoms with Gasteiger partial charge in [0.2, 0.25) is 0 Å². The minimum atomic E-state index is -1.26. The van der Waals surface area contributed by atoms with Crippen LogP contribution >= 0.6 is 11.8 Å². The van der Waals surface area contributed by atoms with Crippen molar-refractivity contribution in [3.63, 3.8) is 0 Å². The molecule has 34 heavy (non-hydrogen) atoms. The van der Waals surface area contributed by atoms with Crippen LogP contribution in [0.4, 0.5) is 0 Å². The fraction of sp³-hybridized carbons (Fsp3) is 0.520. The van der Waals surface area contributed by atoms with Crippen LogP contribution in [0.15, 0.2) is 64.6 Å².